The van der Waals surface area contributed by atoms with Crippen molar-refractivity contribution >= 4 is 0 Å². The van der Waals surface area contributed by atoms with Crippen LogP contribution in [-0.4, -0.2) is 0 Å². The Morgan fingerprint density at radius 2 is 1.80 bits per heavy atom. The zero-order chi connectivity index (χ0) is 11.7. The fourth-order valence-electron chi connectivity index (χ4n) is 2.96. The second-order valence-electron chi connectivity index (χ2n) is 6.75. The van der Waals surface area contributed by atoms with Gasteiger partial charge in [-0.3, -0.25) is 0 Å². The van der Waals surface area contributed by atoms with Crippen molar-refractivity contribution in [3.63, 3.8) is 0 Å². The smallest absolute Gasteiger partial charge is 0.00507 e. The predicted molar refractivity (Wildman–Crippen MR) is 68.9 cm³/mol. The molecule has 0 spiro atoms. The Labute approximate surface area is 96.2 Å². The standard InChI is InChI=1S/C15H28/c1-7-12(2)13(3)15(9-8-10-15)11-14(4,5)6/h8-9,12-13H,7,10-11H2,1-6H3. The minimum absolute atomic E-state index is 0.451. The molecule has 3 unspecified atom stereocenters. The third-order valence-electron chi connectivity index (χ3n) is 4.21. The number of allylic oxidation sites excluding steroid dienone is 2. The van der Waals surface area contributed by atoms with Gasteiger partial charge in [0.05, 0.1) is 0 Å². The van der Waals surface area contributed by atoms with Crippen LogP contribution in [0.1, 0.15) is 60.8 Å². The Hall–Kier alpha value is -0.260. The first-order chi connectivity index (χ1) is 6.81. The van der Waals surface area contributed by atoms with Crippen LogP contribution in [0.5, 0.6) is 0 Å². The van der Waals surface area contributed by atoms with E-state index in [4.69, 9.17) is 0 Å². The molecule has 0 aromatic rings. The summed E-state index contributed by atoms with van der Waals surface area (Å²) in [5.74, 6) is 1.67. The molecule has 88 valence electrons. The molecule has 1 aliphatic carbocycles. The van der Waals surface area contributed by atoms with Gasteiger partial charge in [0.25, 0.3) is 0 Å². The van der Waals surface area contributed by atoms with Crippen molar-refractivity contribution in [1.82, 2.24) is 0 Å². The molecule has 0 heteroatoms. The van der Waals surface area contributed by atoms with Gasteiger partial charge in [-0.05, 0) is 35.5 Å². The first-order valence-electron chi connectivity index (χ1n) is 6.48. The van der Waals surface area contributed by atoms with E-state index in [1.54, 1.807) is 0 Å². The number of hydrogen-bond acceptors (Lipinski definition) is 0. The minimum atomic E-state index is 0.451. The van der Waals surface area contributed by atoms with E-state index in [1.165, 1.54) is 19.3 Å². The van der Waals surface area contributed by atoms with Gasteiger partial charge in [-0.2, -0.15) is 0 Å². The molecular formula is C15H28. The Morgan fingerprint density at radius 1 is 1.27 bits per heavy atom. The summed E-state index contributed by atoms with van der Waals surface area (Å²) in [6.07, 6.45) is 8.78. The summed E-state index contributed by atoms with van der Waals surface area (Å²) in [6.45, 7) is 14.3. The molecule has 0 aromatic carbocycles. The van der Waals surface area contributed by atoms with Crippen molar-refractivity contribution in [2.45, 2.75) is 60.8 Å². The molecule has 1 aliphatic rings. The lowest BCUT2D eigenvalue weighted by Crippen LogP contribution is -2.38. The molecule has 0 amide bonds. The van der Waals surface area contributed by atoms with Crippen LogP contribution in [0.15, 0.2) is 12.2 Å². The van der Waals surface area contributed by atoms with E-state index < -0.39 is 0 Å². The predicted octanol–water partition coefficient (Wildman–Crippen LogP) is 5.05. The second-order valence-corrected chi connectivity index (χ2v) is 6.75. The molecule has 0 aliphatic heterocycles. The molecular weight excluding hydrogens is 180 g/mol. The summed E-state index contributed by atoms with van der Waals surface area (Å²) in [5, 5.41) is 0. The summed E-state index contributed by atoms with van der Waals surface area (Å²) < 4.78 is 0. The molecule has 0 fully saturated rings. The van der Waals surface area contributed by atoms with Crippen LogP contribution in [0, 0.1) is 22.7 Å². The maximum atomic E-state index is 2.48. The van der Waals surface area contributed by atoms with Crippen molar-refractivity contribution in [1.29, 1.82) is 0 Å². The zero-order valence-electron chi connectivity index (χ0n) is 11.4. The molecule has 0 radical (unpaired) electrons. The lowest BCUT2D eigenvalue weighted by Gasteiger charge is -2.47. The normalized spacial score (nSPS) is 29.7. The molecule has 0 heterocycles. The fourth-order valence-corrected chi connectivity index (χ4v) is 2.96. The molecule has 15 heavy (non-hydrogen) atoms. The molecule has 0 saturated heterocycles. The third-order valence-corrected chi connectivity index (χ3v) is 4.21. The summed E-state index contributed by atoms with van der Waals surface area (Å²) in [6, 6.07) is 0. The van der Waals surface area contributed by atoms with Gasteiger partial charge in [0.2, 0.25) is 0 Å². The van der Waals surface area contributed by atoms with Crippen LogP contribution >= 0.6 is 0 Å². The molecule has 0 aromatic heterocycles. The number of rotatable bonds is 4. The lowest BCUT2D eigenvalue weighted by atomic mass is 9.57. The summed E-state index contributed by atoms with van der Waals surface area (Å²) in [7, 11) is 0. The van der Waals surface area contributed by atoms with E-state index in [-0.39, 0.29) is 0 Å². The average molecular weight is 208 g/mol. The summed E-state index contributed by atoms with van der Waals surface area (Å²) in [5.41, 5.74) is 0.958. The molecule has 0 saturated carbocycles. The summed E-state index contributed by atoms with van der Waals surface area (Å²) in [4.78, 5) is 0. The van der Waals surface area contributed by atoms with Crippen LogP contribution in [-0.2, 0) is 0 Å². The highest BCUT2D eigenvalue weighted by molar-refractivity contribution is 5.16. The van der Waals surface area contributed by atoms with E-state index >= 15 is 0 Å². The second kappa shape index (κ2) is 4.31. The van der Waals surface area contributed by atoms with Crippen molar-refractivity contribution in [2.75, 3.05) is 0 Å². The van der Waals surface area contributed by atoms with Gasteiger partial charge in [0.1, 0.15) is 0 Å². The van der Waals surface area contributed by atoms with Gasteiger partial charge in [-0.15, -0.1) is 0 Å². The Kier molecular flexibility index (Phi) is 3.68. The molecule has 0 N–H and O–H groups in total. The highest BCUT2D eigenvalue weighted by Gasteiger charge is 2.41. The minimum Gasteiger partial charge on any atom is -0.0871 e. The van der Waals surface area contributed by atoms with Crippen LogP contribution in [0.25, 0.3) is 0 Å². The molecule has 0 nitrogen and oxygen atoms in total. The first-order valence-corrected chi connectivity index (χ1v) is 6.48. The van der Waals surface area contributed by atoms with Crippen molar-refractivity contribution in [3.8, 4) is 0 Å². The van der Waals surface area contributed by atoms with Crippen molar-refractivity contribution < 1.29 is 0 Å². The average Bonchev–Trinajstić information content (AvgIpc) is 2.07. The largest absolute Gasteiger partial charge is 0.0871 e. The number of hydrogen-bond donors (Lipinski definition) is 0. The van der Waals surface area contributed by atoms with E-state index in [0.717, 1.165) is 11.8 Å². The summed E-state index contributed by atoms with van der Waals surface area (Å²) >= 11 is 0. The van der Waals surface area contributed by atoms with E-state index in [2.05, 4.69) is 53.7 Å². The first kappa shape index (κ1) is 12.8. The Morgan fingerprint density at radius 3 is 2.07 bits per heavy atom. The van der Waals surface area contributed by atoms with Gasteiger partial charge in [0.15, 0.2) is 0 Å². The molecule has 0 bridgehead atoms. The Balaban J connectivity index is 2.73. The van der Waals surface area contributed by atoms with E-state index in [9.17, 15) is 0 Å². The lowest BCUT2D eigenvalue weighted by molar-refractivity contribution is 0.0977. The van der Waals surface area contributed by atoms with Crippen molar-refractivity contribution in [2.24, 2.45) is 22.7 Å². The van der Waals surface area contributed by atoms with Gasteiger partial charge in [0, 0.05) is 0 Å². The monoisotopic (exact) mass is 208 g/mol. The highest BCUT2D eigenvalue weighted by Crippen LogP contribution is 2.51. The highest BCUT2D eigenvalue weighted by atomic mass is 14.5. The van der Waals surface area contributed by atoms with Crippen LogP contribution in [0.4, 0.5) is 0 Å². The molecule has 1 rings (SSSR count). The quantitative estimate of drug-likeness (QED) is 0.567. The van der Waals surface area contributed by atoms with E-state index in [1.807, 2.05) is 0 Å². The SMILES string of the molecule is CCC(C)C(C)C1(CC(C)(C)C)C=CC1. The maximum absolute atomic E-state index is 2.48. The Bertz CT molecular complexity index is 231. The van der Waals surface area contributed by atoms with Crippen LogP contribution in [0.2, 0.25) is 0 Å². The van der Waals surface area contributed by atoms with Gasteiger partial charge >= 0.3 is 0 Å². The van der Waals surface area contributed by atoms with Crippen molar-refractivity contribution in [3.05, 3.63) is 12.2 Å². The fraction of sp³-hybridized carbons (Fsp3) is 0.867. The maximum Gasteiger partial charge on any atom is -0.00507 e. The van der Waals surface area contributed by atoms with Crippen LogP contribution in [0.3, 0.4) is 0 Å². The van der Waals surface area contributed by atoms with Gasteiger partial charge < -0.3 is 0 Å². The van der Waals surface area contributed by atoms with Gasteiger partial charge in [-0.25, -0.2) is 0 Å². The third kappa shape index (κ3) is 2.86. The van der Waals surface area contributed by atoms with Gasteiger partial charge in [-0.1, -0.05) is 60.1 Å². The topological polar surface area (TPSA) is 0 Å². The van der Waals surface area contributed by atoms with E-state index in [0.29, 0.717) is 10.8 Å². The zero-order valence-corrected chi connectivity index (χ0v) is 11.4. The van der Waals surface area contributed by atoms with Crippen LogP contribution < -0.4 is 0 Å². The molecule has 3 atom stereocenters.